The van der Waals surface area contributed by atoms with Gasteiger partial charge in [0.25, 0.3) is 0 Å². The lowest BCUT2D eigenvalue weighted by atomic mass is 10.3. The molecular formula is C5H7N5O2. The van der Waals surface area contributed by atoms with Crippen molar-refractivity contribution in [2.24, 2.45) is 0 Å². The number of hydrogen-bond acceptors (Lipinski definition) is 5. The second-order valence-corrected chi connectivity index (χ2v) is 2.52. The lowest BCUT2D eigenvalue weighted by Crippen LogP contribution is -2.18. The lowest BCUT2D eigenvalue weighted by molar-refractivity contribution is -0.388. The molecule has 0 fully saturated rings. The van der Waals surface area contributed by atoms with Crippen molar-refractivity contribution in [3.8, 4) is 0 Å². The summed E-state index contributed by atoms with van der Waals surface area (Å²) in [5.41, 5.74) is 0. The molecule has 7 heteroatoms. The summed E-state index contributed by atoms with van der Waals surface area (Å²) < 4.78 is 1.52. The van der Waals surface area contributed by atoms with E-state index >= 15 is 0 Å². The monoisotopic (exact) mass is 169 g/mol. The number of aryl methyl sites for hydroxylation is 1. The van der Waals surface area contributed by atoms with E-state index in [1.807, 2.05) is 0 Å². The van der Waals surface area contributed by atoms with Gasteiger partial charge in [-0.1, -0.05) is 0 Å². The zero-order chi connectivity index (χ0) is 8.55. The maximum Gasteiger partial charge on any atom is 0.434 e. The fraction of sp³-hybridized carbons (Fsp3) is 0.600. The number of nitro groups is 1. The SMILES string of the molecule is O=[N+]([O-])c1nnn2c1NCCC2. The Morgan fingerprint density at radius 1 is 1.67 bits per heavy atom. The van der Waals surface area contributed by atoms with Crippen LogP contribution in [0.1, 0.15) is 6.42 Å². The summed E-state index contributed by atoms with van der Waals surface area (Å²) >= 11 is 0. The molecule has 64 valence electrons. The van der Waals surface area contributed by atoms with E-state index in [0.29, 0.717) is 12.4 Å². The first kappa shape index (κ1) is 7.01. The number of hydrogen-bond donors (Lipinski definition) is 1. The minimum Gasteiger partial charge on any atom is -0.363 e. The molecule has 0 radical (unpaired) electrons. The lowest BCUT2D eigenvalue weighted by Gasteiger charge is -2.11. The third-order valence-corrected chi connectivity index (χ3v) is 1.73. The molecule has 1 aromatic heterocycles. The average Bonchev–Trinajstić information content (AvgIpc) is 2.47. The highest BCUT2D eigenvalue weighted by atomic mass is 16.6. The molecule has 1 aliphatic rings. The van der Waals surface area contributed by atoms with Crippen molar-refractivity contribution in [3.63, 3.8) is 0 Å². The molecule has 0 aliphatic carbocycles. The van der Waals surface area contributed by atoms with Gasteiger partial charge in [0.05, 0.1) is 5.21 Å². The summed E-state index contributed by atoms with van der Waals surface area (Å²) in [4.78, 5) is 9.85. The fourth-order valence-corrected chi connectivity index (χ4v) is 1.19. The number of anilines is 1. The van der Waals surface area contributed by atoms with Gasteiger partial charge in [-0.2, -0.15) is 0 Å². The van der Waals surface area contributed by atoms with E-state index in [2.05, 4.69) is 15.6 Å². The van der Waals surface area contributed by atoms with Crippen molar-refractivity contribution < 1.29 is 4.92 Å². The molecule has 0 saturated carbocycles. The second-order valence-electron chi connectivity index (χ2n) is 2.52. The predicted octanol–water partition coefficient (Wildman–Crippen LogP) is 0.00190. The molecule has 2 heterocycles. The van der Waals surface area contributed by atoms with Crippen LogP contribution in [0.2, 0.25) is 0 Å². The van der Waals surface area contributed by atoms with Gasteiger partial charge in [-0.05, 0) is 11.3 Å². The van der Waals surface area contributed by atoms with Crippen LogP contribution in [0.4, 0.5) is 11.6 Å². The molecule has 12 heavy (non-hydrogen) atoms. The van der Waals surface area contributed by atoms with Crippen LogP contribution in [-0.4, -0.2) is 26.5 Å². The van der Waals surface area contributed by atoms with Crippen molar-refractivity contribution in [3.05, 3.63) is 10.1 Å². The molecule has 0 unspecified atom stereocenters. The Morgan fingerprint density at radius 3 is 3.25 bits per heavy atom. The van der Waals surface area contributed by atoms with Crippen molar-refractivity contribution >= 4 is 11.6 Å². The molecule has 0 amide bonds. The number of fused-ring (bicyclic) bond motifs is 1. The first-order valence-corrected chi connectivity index (χ1v) is 3.61. The molecular weight excluding hydrogens is 162 g/mol. The third kappa shape index (κ3) is 0.900. The van der Waals surface area contributed by atoms with E-state index in [4.69, 9.17) is 0 Å². The highest BCUT2D eigenvalue weighted by molar-refractivity contribution is 5.51. The van der Waals surface area contributed by atoms with Gasteiger partial charge in [0.1, 0.15) is 5.10 Å². The maximum absolute atomic E-state index is 10.4. The third-order valence-electron chi connectivity index (χ3n) is 1.73. The number of aromatic nitrogens is 3. The van der Waals surface area contributed by atoms with Crippen molar-refractivity contribution in [1.29, 1.82) is 0 Å². The molecule has 7 nitrogen and oxygen atoms in total. The van der Waals surface area contributed by atoms with E-state index in [-0.39, 0.29) is 5.82 Å². The van der Waals surface area contributed by atoms with Gasteiger partial charge >= 0.3 is 5.82 Å². The Balaban J connectivity index is 2.44. The average molecular weight is 169 g/mol. The van der Waals surface area contributed by atoms with E-state index in [1.54, 1.807) is 0 Å². The van der Waals surface area contributed by atoms with Crippen LogP contribution in [0, 0.1) is 10.1 Å². The molecule has 1 aromatic rings. The van der Waals surface area contributed by atoms with E-state index in [9.17, 15) is 10.1 Å². The Kier molecular flexibility index (Phi) is 1.42. The molecule has 0 bridgehead atoms. The van der Waals surface area contributed by atoms with Gasteiger partial charge in [0.2, 0.25) is 5.82 Å². The molecule has 0 aromatic carbocycles. The van der Waals surface area contributed by atoms with Crippen LogP contribution >= 0.6 is 0 Å². The molecule has 0 atom stereocenters. The minimum absolute atomic E-state index is 0.185. The van der Waals surface area contributed by atoms with Gasteiger partial charge in [-0.3, -0.25) is 0 Å². The highest BCUT2D eigenvalue weighted by Gasteiger charge is 2.25. The van der Waals surface area contributed by atoms with Crippen molar-refractivity contribution in [2.75, 3.05) is 11.9 Å². The van der Waals surface area contributed by atoms with Gasteiger partial charge < -0.3 is 15.4 Å². The van der Waals surface area contributed by atoms with Crippen LogP contribution in [0.3, 0.4) is 0 Å². The first-order valence-electron chi connectivity index (χ1n) is 3.61. The Labute approximate surface area is 67.5 Å². The summed E-state index contributed by atoms with van der Waals surface area (Å²) in [6.45, 7) is 1.44. The van der Waals surface area contributed by atoms with Crippen molar-refractivity contribution in [1.82, 2.24) is 15.0 Å². The van der Waals surface area contributed by atoms with Crippen molar-refractivity contribution in [2.45, 2.75) is 13.0 Å². The molecule has 2 rings (SSSR count). The standard InChI is InChI=1S/C5H7N5O2/c11-10(12)5-4-6-2-1-3-9(4)8-7-5/h6H,1-3H2. The van der Waals surface area contributed by atoms with Crippen LogP contribution in [0.25, 0.3) is 0 Å². The second kappa shape index (κ2) is 2.43. The van der Waals surface area contributed by atoms with E-state index in [0.717, 1.165) is 13.0 Å². The summed E-state index contributed by atoms with van der Waals surface area (Å²) in [7, 11) is 0. The molecule has 0 spiro atoms. The number of rotatable bonds is 1. The summed E-state index contributed by atoms with van der Waals surface area (Å²) in [6.07, 6.45) is 0.924. The first-order chi connectivity index (χ1) is 5.79. The van der Waals surface area contributed by atoms with Crippen LogP contribution in [0.5, 0.6) is 0 Å². The summed E-state index contributed by atoms with van der Waals surface area (Å²) in [5.74, 6) is 0.237. The summed E-state index contributed by atoms with van der Waals surface area (Å²) in [6, 6.07) is 0. The van der Waals surface area contributed by atoms with Gasteiger partial charge in [0.15, 0.2) is 0 Å². The smallest absolute Gasteiger partial charge is 0.363 e. The molecule has 0 saturated heterocycles. The highest BCUT2D eigenvalue weighted by Crippen LogP contribution is 2.22. The van der Waals surface area contributed by atoms with Gasteiger partial charge in [-0.25, -0.2) is 4.68 Å². The largest absolute Gasteiger partial charge is 0.434 e. The van der Waals surface area contributed by atoms with Crippen LogP contribution in [0.15, 0.2) is 0 Å². The topological polar surface area (TPSA) is 85.9 Å². The van der Waals surface area contributed by atoms with Gasteiger partial charge in [-0.15, -0.1) is 0 Å². The van der Waals surface area contributed by atoms with Crippen LogP contribution in [-0.2, 0) is 6.54 Å². The number of nitrogens with one attached hydrogen (secondary N) is 1. The zero-order valence-electron chi connectivity index (χ0n) is 6.23. The Bertz CT molecular complexity index is 320. The normalized spacial score (nSPS) is 15.0. The molecule has 1 N–H and O–H groups in total. The van der Waals surface area contributed by atoms with E-state index < -0.39 is 4.92 Å². The summed E-state index contributed by atoms with van der Waals surface area (Å²) in [5, 5.41) is 20.4. The Morgan fingerprint density at radius 2 is 2.50 bits per heavy atom. The fourth-order valence-electron chi connectivity index (χ4n) is 1.19. The molecule has 1 aliphatic heterocycles. The quantitative estimate of drug-likeness (QED) is 0.472. The minimum atomic E-state index is -0.531. The van der Waals surface area contributed by atoms with Gasteiger partial charge in [0, 0.05) is 13.1 Å². The predicted molar refractivity (Wildman–Crippen MR) is 39.8 cm³/mol. The van der Waals surface area contributed by atoms with E-state index in [1.165, 1.54) is 4.68 Å². The number of nitrogens with zero attached hydrogens (tertiary/aromatic N) is 4. The maximum atomic E-state index is 10.4. The van der Waals surface area contributed by atoms with Crippen LogP contribution < -0.4 is 5.32 Å². The Hall–Kier alpha value is -1.66. The zero-order valence-corrected chi connectivity index (χ0v) is 6.23.